The number of ether oxygens (including phenoxy) is 3. The first-order valence-electron chi connectivity index (χ1n) is 10.9. The summed E-state index contributed by atoms with van der Waals surface area (Å²) in [7, 11) is 0. The number of rotatable bonds is 2. The van der Waals surface area contributed by atoms with Gasteiger partial charge in [-0.05, 0) is 63.7 Å². The second-order valence-corrected chi connectivity index (χ2v) is 9.84. The average Bonchev–Trinajstić information content (AvgIpc) is 2.87. The number of aliphatic hydroxyl groups is 1. The molecule has 6 rings (SSSR count). The molecule has 6 heteroatoms. The molecule has 154 valence electrons. The maximum absolute atomic E-state index is 9.77. The van der Waals surface area contributed by atoms with E-state index in [1.807, 2.05) is 6.92 Å². The Morgan fingerprint density at radius 2 is 1.70 bits per heavy atom. The molecule has 2 bridgehead atoms. The van der Waals surface area contributed by atoms with Gasteiger partial charge in [-0.1, -0.05) is 13.8 Å². The van der Waals surface area contributed by atoms with Crippen LogP contribution in [0.1, 0.15) is 72.1 Å². The lowest BCUT2D eigenvalue weighted by atomic mass is 9.58. The van der Waals surface area contributed by atoms with Gasteiger partial charge in [0.05, 0.1) is 12.2 Å². The normalized spacial score (nSPS) is 57.8. The number of hydrogen-bond acceptors (Lipinski definition) is 6. The fraction of sp³-hybridized carbons (Fsp3) is 1.00. The zero-order valence-electron chi connectivity index (χ0n) is 16.8. The highest BCUT2D eigenvalue weighted by Gasteiger charge is 2.69. The molecule has 2 saturated carbocycles. The summed E-state index contributed by atoms with van der Waals surface area (Å²) in [5, 5.41) is 9.77. The van der Waals surface area contributed by atoms with E-state index in [1.54, 1.807) is 0 Å². The SMILES string of the molecule is C[C@@H]1CCC2[C@@H](C)[C@@H](OC3CCC(O)CC3)OC3O[C@@]4(C)CCC1[C@]32OO4. The summed E-state index contributed by atoms with van der Waals surface area (Å²) < 4.78 is 19.3. The van der Waals surface area contributed by atoms with Gasteiger partial charge in [0.1, 0.15) is 0 Å². The van der Waals surface area contributed by atoms with Crippen LogP contribution in [0, 0.1) is 23.7 Å². The van der Waals surface area contributed by atoms with E-state index in [-0.39, 0.29) is 24.4 Å². The van der Waals surface area contributed by atoms with E-state index in [2.05, 4.69) is 13.8 Å². The predicted molar refractivity (Wildman–Crippen MR) is 96.2 cm³/mol. The zero-order valence-corrected chi connectivity index (χ0v) is 16.8. The van der Waals surface area contributed by atoms with Gasteiger partial charge in [0.2, 0.25) is 5.79 Å². The molecule has 0 amide bonds. The molecule has 6 fully saturated rings. The second kappa shape index (κ2) is 6.64. The van der Waals surface area contributed by atoms with Crippen LogP contribution in [0.2, 0.25) is 0 Å². The van der Waals surface area contributed by atoms with Gasteiger partial charge in [-0.25, -0.2) is 9.78 Å². The third kappa shape index (κ3) is 2.90. The summed E-state index contributed by atoms with van der Waals surface area (Å²) in [4.78, 5) is 12.0. The van der Waals surface area contributed by atoms with Gasteiger partial charge in [-0.3, -0.25) is 0 Å². The molecule has 0 aromatic heterocycles. The van der Waals surface area contributed by atoms with E-state index in [0.717, 1.165) is 44.9 Å². The van der Waals surface area contributed by atoms with E-state index >= 15 is 0 Å². The summed E-state index contributed by atoms with van der Waals surface area (Å²) in [6, 6.07) is 0. The second-order valence-electron chi connectivity index (χ2n) is 9.84. The minimum absolute atomic E-state index is 0.156. The molecule has 1 spiro atoms. The molecule has 0 aromatic rings. The molecular weight excluding hydrogens is 348 g/mol. The molecule has 4 saturated heterocycles. The smallest absolute Gasteiger partial charge is 0.201 e. The van der Waals surface area contributed by atoms with Crippen LogP contribution < -0.4 is 0 Å². The molecular formula is C21H34O6. The Bertz CT molecular complexity index is 563. The lowest BCUT2D eigenvalue weighted by Gasteiger charge is -2.60. The van der Waals surface area contributed by atoms with Gasteiger partial charge < -0.3 is 19.3 Å². The van der Waals surface area contributed by atoms with E-state index in [9.17, 15) is 5.11 Å². The van der Waals surface area contributed by atoms with Crippen molar-refractivity contribution >= 4 is 0 Å². The molecule has 3 unspecified atom stereocenters. The Balaban J connectivity index is 1.41. The van der Waals surface area contributed by atoms with Crippen LogP contribution in [-0.4, -0.2) is 41.3 Å². The van der Waals surface area contributed by atoms with Gasteiger partial charge in [0.25, 0.3) is 0 Å². The van der Waals surface area contributed by atoms with Gasteiger partial charge in [-0.2, -0.15) is 0 Å². The van der Waals surface area contributed by atoms with Crippen molar-refractivity contribution < 1.29 is 29.1 Å². The Morgan fingerprint density at radius 1 is 0.926 bits per heavy atom. The maximum atomic E-state index is 9.77. The summed E-state index contributed by atoms with van der Waals surface area (Å²) in [6.07, 6.45) is 6.84. The number of aliphatic hydroxyl groups excluding tert-OH is 1. The van der Waals surface area contributed by atoms with Gasteiger partial charge in [0, 0.05) is 18.3 Å². The summed E-state index contributed by atoms with van der Waals surface area (Å²) in [6.45, 7) is 6.52. The molecule has 4 aliphatic heterocycles. The highest BCUT2D eigenvalue weighted by molar-refractivity contribution is 5.09. The highest BCUT2D eigenvalue weighted by atomic mass is 17.3. The molecule has 0 aromatic carbocycles. The van der Waals surface area contributed by atoms with Gasteiger partial charge in [0.15, 0.2) is 18.2 Å². The van der Waals surface area contributed by atoms with Crippen LogP contribution in [0.3, 0.4) is 0 Å². The van der Waals surface area contributed by atoms with Crippen LogP contribution in [0.5, 0.6) is 0 Å². The summed E-state index contributed by atoms with van der Waals surface area (Å²) >= 11 is 0. The van der Waals surface area contributed by atoms with E-state index in [1.165, 1.54) is 6.42 Å². The predicted octanol–water partition coefficient (Wildman–Crippen LogP) is 3.51. The van der Waals surface area contributed by atoms with Gasteiger partial charge >= 0.3 is 0 Å². The Morgan fingerprint density at radius 3 is 2.48 bits per heavy atom. The maximum Gasteiger partial charge on any atom is 0.201 e. The molecule has 4 heterocycles. The van der Waals surface area contributed by atoms with Crippen molar-refractivity contribution in [3.8, 4) is 0 Å². The fourth-order valence-electron chi connectivity index (χ4n) is 6.40. The van der Waals surface area contributed by atoms with E-state index in [4.69, 9.17) is 24.0 Å². The first kappa shape index (κ1) is 18.8. The molecule has 2 aliphatic carbocycles. The molecule has 6 aliphatic rings. The molecule has 6 nitrogen and oxygen atoms in total. The lowest BCUT2D eigenvalue weighted by molar-refractivity contribution is -0.578. The standard InChI is InChI=1S/C21H34O6/c1-12-4-9-17-13(2)18(23-15-7-5-14(22)6-8-15)24-19-21(17)16(12)10-11-20(3,25-19)26-27-21/h12-19,22H,4-11H2,1-3H3/t12-,13-,14?,15?,16?,17?,18+,19?,20-,21-/m1/s1. The van der Waals surface area contributed by atoms with Crippen LogP contribution in [-0.2, 0) is 24.0 Å². The van der Waals surface area contributed by atoms with Crippen LogP contribution in [0.4, 0.5) is 0 Å². The molecule has 8 atom stereocenters. The number of fused-ring (bicyclic) bond motifs is 2. The van der Waals surface area contributed by atoms with Crippen LogP contribution in [0.25, 0.3) is 0 Å². The lowest BCUT2D eigenvalue weighted by Crippen LogP contribution is -2.70. The van der Waals surface area contributed by atoms with Crippen molar-refractivity contribution in [2.45, 2.75) is 108 Å². The largest absolute Gasteiger partial charge is 0.393 e. The Kier molecular flexibility index (Phi) is 4.62. The number of hydrogen-bond donors (Lipinski definition) is 1. The van der Waals surface area contributed by atoms with Crippen molar-refractivity contribution in [1.82, 2.24) is 0 Å². The zero-order chi connectivity index (χ0) is 18.8. The van der Waals surface area contributed by atoms with Crippen molar-refractivity contribution in [3.63, 3.8) is 0 Å². The van der Waals surface area contributed by atoms with Crippen molar-refractivity contribution in [3.05, 3.63) is 0 Å². The van der Waals surface area contributed by atoms with Crippen molar-refractivity contribution in [1.29, 1.82) is 0 Å². The topological polar surface area (TPSA) is 66.4 Å². The van der Waals surface area contributed by atoms with E-state index in [0.29, 0.717) is 17.8 Å². The minimum Gasteiger partial charge on any atom is -0.393 e. The van der Waals surface area contributed by atoms with Gasteiger partial charge in [-0.15, -0.1) is 0 Å². The summed E-state index contributed by atoms with van der Waals surface area (Å²) in [5.41, 5.74) is -0.518. The molecule has 1 N–H and O–H groups in total. The summed E-state index contributed by atoms with van der Waals surface area (Å²) in [5.74, 6) is 0.748. The van der Waals surface area contributed by atoms with E-state index < -0.39 is 17.7 Å². The Hall–Kier alpha value is -0.240. The minimum atomic E-state index is -0.738. The fourth-order valence-corrected chi connectivity index (χ4v) is 6.40. The van der Waals surface area contributed by atoms with Crippen molar-refractivity contribution in [2.24, 2.45) is 23.7 Å². The third-order valence-electron chi connectivity index (χ3n) is 8.07. The first-order valence-corrected chi connectivity index (χ1v) is 10.9. The molecule has 27 heavy (non-hydrogen) atoms. The van der Waals surface area contributed by atoms with Crippen LogP contribution in [0.15, 0.2) is 0 Å². The monoisotopic (exact) mass is 382 g/mol. The average molecular weight is 382 g/mol. The Labute approximate surface area is 161 Å². The third-order valence-corrected chi connectivity index (χ3v) is 8.07. The van der Waals surface area contributed by atoms with Crippen LogP contribution >= 0.6 is 0 Å². The highest BCUT2D eigenvalue weighted by Crippen LogP contribution is 2.60. The molecule has 0 radical (unpaired) electrons. The quantitative estimate of drug-likeness (QED) is 0.737. The first-order chi connectivity index (χ1) is 12.9. The van der Waals surface area contributed by atoms with Crippen molar-refractivity contribution in [2.75, 3.05) is 0 Å².